The zero-order chi connectivity index (χ0) is 24.3. The summed E-state index contributed by atoms with van der Waals surface area (Å²) in [5.41, 5.74) is 0.754. The number of allylic oxidation sites excluding steroid dienone is 3. The van der Waals surface area contributed by atoms with Crippen LogP contribution in [-0.4, -0.2) is 68.1 Å². The van der Waals surface area contributed by atoms with Gasteiger partial charge in [0, 0.05) is 36.7 Å². The van der Waals surface area contributed by atoms with Crippen LogP contribution < -0.4 is 5.32 Å². The van der Waals surface area contributed by atoms with E-state index in [2.05, 4.69) is 5.32 Å². The highest BCUT2D eigenvalue weighted by Crippen LogP contribution is 2.37. The Balaban J connectivity index is 1.61. The van der Waals surface area contributed by atoms with Gasteiger partial charge in [-0.1, -0.05) is 11.6 Å². The minimum atomic E-state index is -3.95. The number of carbonyl (C=O) groups is 1. The van der Waals surface area contributed by atoms with E-state index in [0.29, 0.717) is 50.3 Å². The summed E-state index contributed by atoms with van der Waals surface area (Å²) in [6.07, 6.45) is 5.55. The molecule has 3 atom stereocenters. The molecule has 0 saturated carbocycles. The SMILES string of the molecule is CC1CNCCN1C(=O)OCC1CCCC(C2=CC(F)=CCC2)N1S(=O)(=O)c1ccc(Cl)cc1. The van der Waals surface area contributed by atoms with Crippen LogP contribution in [0.15, 0.2) is 52.7 Å². The molecule has 1 aromatic rings. The van der Waals surface area contributed by atoms with E-state index in [1.165, 1.54) is 40.7 Å². The van der Waals surface area contributed by atoms with Crippen molar-refractivity contribution in [3.63, 3.8) is 0 Å². The Bertz CT molecular complexity index is 1060. The van der Waals surface area contributed by atoms with Gasteiger partial charge < -0.3 is 15.0 Å². The van der Waals surface area contributed by atoms with Gasteiger partial charge in [-0.3, -0.25) is 0 Å². The molecule has 3 unspecified atom stereocenters. The molecule has 34 heavy (non-hydrogen) atoms. The number of carbonyl (C=O) groups excluding carboxylic acids is 1. The molecule has 1 amide bonds. The molecule has 1 aromatic carbocycles. The van der Waals surface area contributed by atoms with E-state index in [4.69, 9.17) is 16.3 Å². The number of halogens is 2. The molecule has 0 aromatic heterocycles. The third-order valence-electron chi connectivity index (χ3n) is 6.73. The number of nitrogens with zero attached hydrogens (tertiary/aromatic N) is 2. The number of piperidine rings is 1. The Kier molecular flexibility index (Phi) is 7.97. The summed E-state index contributed by atoms with van der Waals surface area (Å²) in [7, 11) is -3.95. The Labute approximate surface area is 205 Å². The van der Waals surface area contributed by atoms with Crippen molar-refractivity contribution in [3.05, 3.63) is 52.8 Å². The van der Waals surface area contributed by atoms with E-state index in [9.17, 15) is 17.6 Å². The molecule has 2 fully saturated rings. The van der Waals surface area contributed by atoms with Crippen molar-refractivity contribution >= 4 is 27.7 Å². The van der Waals surface area contributed by atoms with Crippen LogP contribution in [0.4, 0.5) is 9.18 Å². The lowest BCUT2D eigenvalue weighted by molar-refractivity contribution is 0.0532. The van der Waals surface area contributed by atoms with Crippen molar-refractivity contribution in [3.8, 4) is 0 Å². The maximum absolute atomic E-state index is 14.1. The molecular weight excluding hydrogens is 481 g/mol. The van der Waals surface area contributed by atoms with Gasteiger partial charge >= 0.3 is 6.09 Å². The number of benzene rings is 1. The minimum absolute atomic E-state index is 0.00332. The highest BCUT2D eigenvalue weighted by Gasteiger charge is 2.42. The fourth-order valence-electron chi connectivity index (χ4n) is 4.96. The van der Waals surface area contributed by atoms with E-state index in [1.54, 1.807) is 4.90 Å². The molecule has 186 valence electrons. The number of nitrogens with one attached hydrogen (secondary N) is 1. The van der Waals surface area contributed by atoms with Gasteiger partial charge in [0.25, 0.3) is 0 Å². The van der Waals surface area contributed by atoms with Gasteiger partial charge in [0.05, 0.1) is 10.9 Å². The van der Waals surface area contributed by atoms with Crippen molar-refractivity contribution in [2.24, 2.45) is 0 Å². The van der Waals surface area contributed by atoms with Crippen LogP contribution in [0.1, 0.15) is 39.0 Å². The van der Waals surface area contributed by atoms with Gasteiger partial charge in [-0.2, -0.15) is 4.31 Å². The monoisotopic (exact) mass is 511 g/mol. The summed E-state index contributed by atoms with van der Waals surface area (Å²) in [6, 6.07) is 4.99. The third kappa shape index (κ3) is 5.48. The predicted octanol–water partition coefficient (Wildman–Crippen LogP) is 4.26. The molecule has 2 aliphatic heterocycles. The van der Waals surface area contributed by atoms with Crippen LogP contribution in [0.25, 0.3) is 0 Å². The molecule has 10 heteroatoms. The molecule has 0 radical (unpaired) electrons. The smallest absolute Gasteiger partial charge is 0.410 e. The largest absolute Gasteiger partial charge is 0.448 e. The van der Waals surface area contributed by atoms with Crippen molar-refractivity contribution < 1.29 is 22.3 Å². The molecule has 1 N–H and O–H groups in total. The Morgan fingerprint density at radius 2 is 2.03 bits per heavy atom. The molecule has 0 bridgehead atoms. The number of ether oxygens (including phenoxy) is 1. The quantitative estimate of drug-likeness (QED) is 0.639. The maximum atomic E-state index is 14.1. The van der Waals surface area contributed by atoms with Gasteiger partial charge in [0.15, 0.2) is 0 Å². The van der Waals surface area contributed by atoms with Crippen LogP contribution in [0, 0.1) is 0 Å². The van der Waals surface area contributed by atoms with Crippen LogP contribution in [0.5, 0.6) is 0 Å². The zero-order valence-electron chi connectivity index (χ0n) is 19.3. The number of piperazine rings is 1. The maximum Gasteiger partial charge on any atom is 0.410 e. The normalized spacial score (nSPS) is 26.6. The minimum Gasteiger partial charge on any atom is -0.448 e. The molecule has 4 rings (SSSR count). The summed E-state index contributed by atoms with van der Waals surface area (Å²) in [4.78, 5) is 14.5. The molecule has 1 aliphatic carbocycles. The first-order chi connectivity index (χ1) is 16.3. The van der Waals surface area contributed by atoms with E-state index < -0.39 is 28.2 Å². The lowest BCUT2D eigenvalue weighted by atomic mass is 9.89. The fourth-order valence-corrected chi connectivity index (χ4v) is 6.95. The van der Waals surface area contributed by atoms with E-state index in [0.717, 1.165) is 12.0 Å². The second-order valence-electron chi connectivity index (χ2n) is 9.06. The molecule has 3 aliphatic rings. The van der Waals surface area contributed by atoms with Gasteiger partial charge in [-0.05, 0) is 81.0 Å². The van der Waals surface area contributed by atoms with Crippen LogP contribution in [0.3, 0.4) is 0 Å². The van der Waals surface area contributed by atoms with Crippen LogP contribution in [-0.2, 0) is 14.8 Å². The average molecular weight is 512 g/mol. The Hall–Kier alpha value is -1.94. The fraction of sp³-hybridized carbons (Fsp3) is 0.542. The van der Waals surface area contributed by atoms with Gasteiger partial charge in [-0.15, -0.1) is 0 Å². The van der Waals surface area contributed by atoms with Crippen molar-refractivity contribution in [2.45, 2.75) is 62.0 Å². The number of hydrogen-bond acceptors (Lipinski definition) is 5. The second kappa shape index (κ2) is 10.8. The summed E-state index contributed by atoms with van der Waals surface area (Å²) in [5.74, 6) is -0.341. The number of hydrogen-bond donors (Lipinski definition) is 1. The van der Waals surface area contributed by atoms with Gasteiger partial charge in [-0.25, -0.2) is 17.6 Å². The topological polar surface area (TPSA) is 79.0 Å². The summed E-state index contributed by atoms with van der Waals surface area (Å²) in [6.45, 7) is 3.81. The number of sulfonamides is 1. The Morgan fingerprint density at radius 3 is 2.74 bits per heavy atom. The first kappa shape index (κ1) is 25.2. The van der Waals surface area contributed by atoms with Gasteiger partial charge in [0.1, 0.15) is 12.4 Å². The van der Waals surface area contributed by atoms with Crippen molar-refractivity contribution in [1.82, 2.24) is 14.5 Å². The average Bonchev–Trinajstić information content (AvgIpc) is 2.83. The molecule has 7 nitrogen and oxygen atoms in total. The standard InChI is InChI=1S/C24H31ClFN3O4S/c1-17-15-27-12-13-28(17)24(30)33-16-21-6-3-7-23(18-4-2-5-20(26)14-18)29(21)34(31,32)22-10-8-19(25)9-11-22/h5,8-11,14,17,21,23,27H,2-4,6-7,12-13,15-16H2,1H3. The van der Waals surface area contributed by atoms with E-state index in [1.807, 2.05) is 6.92 Å². The van der Waals surface area contributed by atoms with E-state index in [-0.39, 0.29) is 23.4 Å². The van der Waals surface area contributed by atoms with Crippen LogP contribution >= 0.6 is 11.6 Å². The van der Waals surface area contributed by atoms with Gasteiger partial charge in [0.2, 0.25) is 10.0 Å². The first-order valence-electron chi connectivity index (χ1n) is 11.8. The molecular formula is C24H31ClFN3O4S. The third-order valence-corrected chi connectivity index (χ3v) is 8.96. The van der Waals surface area contributed by atoms with Crippen molar-refractivity contribution in [1.29, 1.82) is 0 Å². The zero-order valence-corrected chi connectivity index (χ0v) is 20.8. The number of amides is 1. The predicted molar refractivity (Wildman–Crippen MR) is 129 cm³/mol. The molecule has 0 spiro atoms. The number of rotatable bonds is 5. The second-order valence-corrected chi connectivity index (χ2v) is 11.3. The lowest BCUT2D eigenvalue weighted by Crippen LogP contribution is -2.55. The highest BCUT2D eigenvalue weighted by molar-refractivity contribution is 7.89. The summed E-state index contributed by atoms with van der Waals surface area (Å²) < 4.78 is 48.9. The van der Waals surface area contributed by atoms with Crippen LogP contribution in [0.2, 0.25) is 5.02 Å². The lowest BCUT2D eigenvalue weighted by Gasteiger charge is -2.42. The highest BCUT2D eigenvalue weighted by atomic mass is 35.5. The van der Waals surface area contributed by atoms with Crippen molar-refractivity contribution in [2.75, 3.05) is 26.2 Å². The summed E-state index contributed by atoms with van der Waals surface area (Å²) in [5, 5.41) is 3.67. The van der Waals surface area contributed by atoms with E-state index >= 15 is 0 Å². The molecule has 2 saturated heterocycles. The Morgan fingerprint density at radius 1 is 1.26 bits per heavy atom. The molecule has 2 heterocycles. The first-order valence-corrected chi connectivity index (χ1v) is 13.6. The summed E-state index contributed by atoms with van der Waals surface area (Å²) >= 11 is 5.98.